The van der Waals surface area contributed by atoms with Crippen LogP contribution in [0.2, 0.25) is 0 Å². The Morgan fingerprint density at radius 1 is 1.20 bits per heavy atom. The topological polar surface area (TPSA) is 60.7 Å². The van der Waals surface area contributed by atoms with Crippen LogP contribution in [-0.2, 0) is 0 Å². The van der Waals surface area contributed by atoms with Gasteiger partial charge in [0, 0.05) is 15.4 Å². The number of aliphatic hydroxyl groups is 2. The second-order valence-corrected chi connectivity index (χ2v) is 5.41. The van der Waals surface area contributed by atoms with Gasteiger partial charge in [0.25, 0.3) is 0 Å². The molecule has 0 saturated carbocycles. The van der Waals surface area contributed by atoms with E-state index in [1.165, 1.54) is 0 Å². The van der Waals surface area contributed by atoms with Crippen LogP contribution in [0.15, 0.2) is 21.1 Å². The Labute approximate surface area is 113 Å². The predicted octanol–water partition coefficient (Wildman–Crippen LogP) is 2.71. The minimum Gasteiger partial charge on any atom is -0.506 e. The Morgan fingerprint density at radius 2 is 1.80 bits per heavy atom. The first kappa shape index (κ1) is 13.4. The SMILES string of the molecule is Oc1c(Br)cc(Br)cc1C(O)C(O)CBr. The van der Waals surface area contributed by atoms with Crippen molar-refractivity contribution in [3.63, 3.8) is 0 Å². The molecule has 3 N–H and O–H groups in total. The monoisotopic (exact) mass is 402 g/mol. The standard InChI is InChI=1S/C9H9Br3O3/c10-3-7(13)9(15)5-1-4(11)2-6(12)8(5)14/h1-2,7,9,13-15H,3H2. The molecular weight excluding hydrogens is 396 g/mol. The molecule has 0 spiro atoms. The summed E-state index contributed by atoms with van der Waals surface area (Å²) in [4.78, 5) is 0. The number of hydrogen-bond donors (Lipinski definition) is 3. The first-order chi connectivity index (χ1) is 6.97. The van der Waals surface area contributed by atoms with E-state index in [2.05, 4.69) is 47.8 Å². The zero-order valence-corrected chi connectivity index (χ0v) is 12.3. The van der Waals surface area contributed by atoms with E-state index in [0.29, 0.717) is 8.95 Å². The Bertz CT molecular complexity index is 357. The first-order valence-corrected chi connectivity index (χ1v) is 6.78. The van der Waals surface area contributed by atoms with E-state index < -0.39 is 12.2 Å². The second-order valence-electron chi connectivity index (χ2n) is 2.99. The number of hydrogen-bond acceptors (Lipinski definition) is 3. The largest absolute Gasteiger partial charge is 0.506 e. The summed E-state index contributed by atoms with van der Waals surface area (Å²) >= 11 is 9.45. The van der Waals surface area contributed by atoms with Gasteiger partial charge in [-0.2, -0.15) is 0 Å². The molecule has 1 rings (SSSR count). The minimum atomic E-state index is -1.13. The van der Waals surface area contributed by atoms with E-state index in [9.17, 15) is 15.3 Å². The van der Waals surface area contributed by atoms with Gasteiger partial charge in [-0.25, -0.2) is 0 Å². The molecule has 0 aliphatic rings. The third kappa shape index (κ3) is 3.17. The molecular formula is C9H9Br3O3. The molecule has 0 heterocycles. The first-order valence-electron chi connectivity index (χ1n) is 4.07. The van der Waals surface area contributed by atoms with Crippen molar-refractivity contribution >= 4 is 47.8 Å². The zero-order valence-electron chi connectivity index (χ0n) is 7.49. The highest BCUT2D eigenvalue weighted by molar-refractivity contribution is 9.11. The van der Waals surface area contributed by atoms with Crippen molar-refractivity contribution < 1.29 is 15.3 Å². The zero-order chi connectivity index (χ0) is 11.6. The third-order valence-corrected chi connectivity index (χ3v) is 3.62. The maximum absolute atomic E-state index is 9.74. The summed E-state index contributed by atoms with van der Waals surface area (Å²) < 4.78 is 1.18. The normalized spacial score (nSPS) is 15.0. The van der Waals surface area contributed by atoms with Crippen molar-refractivity contribution in [2.75, 3.05) is 5.33 Å². The number of aromatic hydroxyl groups is 1. The third-order valence-electron chi connectivity index (χ3n) is 1.90. The summed E-state index contributed by atoms with van der Waals surface area (Å²) in [5.74, 6) is -0.0642. The van der Waals surface area contributed by atoms with Crippen LogP contribution in [0, 0.1) is 0 Å². The number of rotatable bonds is 3. The Kier molecular flexibility index (Phi) is 5.05. The number of alkyl halides is 1. The Hall–Kier alpha value is 0.380. The molecule has 15 heavy (non-hydrogen) atoms. The second kappa shape index (κ2) is 5.63. The lowest BCUT2D eigenvalue weighted by Crippen LogP contribution is -2.19. The van der Waals surface area contributed by atoms with Gasteiger partial charge in [0.05, 0.1) is 10.6 Å². The summed E-state index contributed by atoms with van der Waals surface area (Å²) in [6.07, 6.45) is -2.09. The van der Waals surface area contributed by atoms with Crippen LogP contribution < -0.4 is 0 Å². The van der Waals surface area contributed by atoms with Crippen LogP contribution in [0.3, 0.4) is 0 Å². The maximum Gasteiger partial charge on any atom is 0.135 e. The molecule has 0 aromatic heterocycles. The fourth-order valence-electron chi connectivity index (χ4n) is 1.10. The predicted molar refractivity (Wildman–Crippen MR) is 68.3 cm³/mol. The van der Waals surface area contributed by atoms with E-state index in [1.54, 1.807) is 12.1 Å². The fraction of sp³-hybridized carbons (Fsp3) is 0.333. The number of halogens is 3. The molecule has 0 aliphatic carbocycles. The molecule has 3 nitrogen and oxygen atoms in total. The average molecular weight is 405 g/mol. The molecule has 0 fully saturated rings. The molecule has 0 amide bonds. The van der Waals surface area contributed by atoms with Gasteiger partial charge in [0.15, 0.2) is 0 Å². The number of aliphatic hydroxyl groups excluding tert-OH is 2. The highest BCUT2D eigenvalue weighted by Gasteiger charge is 2.22. The molecule has 0 bridgehead atoms. The summed E-state index contributed by atoms with van der Waals surface area (Å²) in [6, 6.07) is 3.22. The molecule has 0 saturated heterocycles. The lowest BCUT2D eigenvalue weighted by Gasteiger charge is -2.18. The van der Waals surface area contributed by atoms with Crippen molar-refractivity contribution in [1.82, 2.24) is 0 Å². The van der Waals surface area contributed by atoms with Crippen LogP contribution in [0.1, 0.15) is 11.7 Å². The minimum absolute atomic E-state index is 0.0642. The highest BCUT2D eigenvalue weighted by Crippen LogP contribution is 2.36. The van der Waals surface area contributed by atoms with Gasteiger partial charge in [0.2, 0.25) is 0 Å². The quantitative estimate of drug-likeness (QED) is 0.679. The van der Waals surface area contributed by atoms with Crippen LogP contribution >= 0.6 is 47.8 Å². The molecule has 1 aromatic carbocycles. The summed E-state index contributed by atoms with van der Waals surface area (Å²) in [5, 5.41) is 29.1. The van der Waals surface area contributed by atoms with Crippen molar-refractivity contribution in [2.45, 2.75) is 12.2 Å². The molecule has 0 aliphatic heterocycles. The number of benzene rings is 1. The summed E-state index contributed by atoms with van der Waals surface area (Å²) in [6.45, 7) is 0. The van der Waals surface area contributed by atoms with Crippen LogP contribution in [0.5, 0.6) is 5.75 Å². The number of phenolic OH excluding ortho intramolecular Hbond substituents is 1. The van der Waals surface area contributed by atoms with E-state index in [4.69, 9.17) is 0 Å². The van der Waals surface area contributed by atoms with Crippen LogP contribution in [-0.4, -0.2) is 26.8 Å². The van der Waals surface area contributed by atoms with Crippen molar-refractivity contribution in [3.8, 4) is 5.75 Å². The molecule has 0 radical (unpaired) electrons. The smallest absolute Gasteiger partial charge is 0.135 e. The van der Waals surface area contributed by atoms with Crippen LogP contribution in [0.4, 0.5) is 0 Å². The van der Waals surface area contributed by atoms with Gasteiger partial charge in [0.1, 0.15) is 11.9 Å². The van der Waals surface area contributed by atoms with Crippen molar-refractivity contribution in [1.29, 1.82) is 0 Å². The fourth-order valence-corrected chi connectivity index (χ4v) is 2.72. The molecule has 84 valence electrons. The van der Waals surface area contributed by atoms with Gasteiger partial charge in [-0.3, -0.25) is 0 Å². The molecule has 2 atom stereocenters. The highest BCUT2D eigenvalue weighted by atomic mass is 79.9. The molecule has 2 unspecified atom stereocenters. The maximum atomic E-state index is 9.74. The average Bonchev–Trinajstić information content (AvgIpc) is 2.21. The Balaban J connectivity index is 3.13. The van der Waals surface area contributed by atoms with Gasteiger partial charge < -0.3 is 15.3 Å². The van der Waals surface area contributed by atoms with Gasteiger partial charge in [-0.05, 0) is 28.1 Å². The number of phenols is 1. The van der Waals surface area contributed by atoms with Gasteiger partial charge in [-0.15, -0.1) is 0 Å². The lowest BCUT2D eigenvalue weighted by atomic mass is 10.0. The molecule has 1 aromatic rings. The van der Waals surface area contributed by atoms with Crippen molar-refractivity contribution in [3.05, 3.63) is 26.6 Å². The van der Waals surface area contributed by atoms with E-state index >= 15 is 0 Å². The van der Waals surface area contributed by atoms with Gasteiger partial charge >= 0.3 is 0 Å². The van der Waals surface area contributed by atoms with Crippen molar-refractivity contribution in [2.24, 2.45) is 0 Å². The Morgan fingerprint density at radius 3 is 2.33 bits per heavy atom. The summed E-state index contributed by atoms with van der Waals surface area (Å²) in [7, 11) is 0. The van der Waals surface area contributed by atoms with Crippen LogP contribution in [0.25, 0.3) is 0 Å². The van der Waals surface area contributed by atoms with E-state index in [0.717, 1.165) is 0 Å². The lowest BCUT2D eigenvalue weighted by molar-refractivity contribution is 0.0327. The van der Waals surface area contributed by atoms with Gasteiger partial charge in [-0.1, -0.05) is 31.9 Å². The molecule has 6 heteroatoms. The summed E-state index contributed by atoms with van der Waals surface area (Å²) in [5.41, 5.74) is 0.281. The van der Waals surface area contributed by atoms with E-state index in [1.807, 2.05) is 0 Å². The van der Waals surface area contributed by atoms with E-state index in [-0.39, 0.29) is 16.6 Å².